The molecule has 0 amide bonds. The number of ether oxygens (including phenoxy) is 2. The molecular formula is C19H21N5O2. The number of aryl methyl sites for hydroxylation is 1. The van der Waals surface area contributed by atoms with Crippen molar-refractivity contribution >= 4 is 0 Å². The Morgan fingerprint density at radius 2 is 2.08 bits per heavy atom. The highest BCUT2D eigenvalue weighted by Gasteiger charge is 2.22. The minimum absolute atomic E-state index is 0.106. The number of benzene rings is 1. The van der Waals surface area contributed by atoms with Gasteiger partial charge < -0.3 is 9.47 Å². The van der Waals surface area contributed by atoms with E-state index in [-0.39, 0.29) is 6.10 Å². The smallest absolute Gasteiger partial charge is 0.161 e. The lowest BCUT2D eigenvalue weighted by Gasteiger charge is -2.26. The lowest BCUT2D eigenvalue weighted by atomic mass is 10.1. The van der Waals surface area contributed by atoms with Crippen molar-refractivity contribution in [2.24, 2.45) is 0 Å². The fraction of sp³-hybridized carbons (Fsp3) is 0.316. The maximum Gasteiger partial charge on any atom is 0.161 e. The highest BCUT2D eigenvalue weighted by Crippen LogP contribution is 2.31. The SMILES string of the molecule is C=CCn1nc(C)c(-c2cn(C[C@H]3COc4ccccc4O3)nn2)c1C. The second-order valence-electron chi connectivity index (χ2n) is 6.34. The molecule has 1 aliphatic heterocycles. The molecule has 0 saturated heterocycles. The van der Waals surface area contributed by atoms with Crippen LogP contribution in [0.5, 0.6) is 11.5 Å². The molecule has 0 N–H and O–H groups in total. The first-order valence-electron chi connectivity index (χ1n) is 8.59. The average Bonchev–Trinajstić information content (AvgIpc) is 3.19. The summed E-state index contributed by atoms with van der Waals surface area (Å²) >= 11 is 0. The highest BCUT2D eigenvalue weighted by atomic mass is 16.6. The molecule has 0 unspecified atom stereocenters. The van der Waals surface area contributed by atoms with E-state index in [1.54, 1.807) is 4.68 Å². The molecule has 3 heterocycles. The number of hydrogen-bond acceptors (Lipinski definition) is 5. The molecule has 0 aliphatic carbocycles. The summed E-state index contributed by atoms with van der Waals surface area (Å²) in [6, 6.07) is 7.69. The molecule has 0 spiro atoms. The van der Waals surface area contributed by atoms with Crippen LogP contribution in [0.3, 0.4) is 0 Å². The molecule has 7 heteroatoms. The molecule has 4 rings (SSSR count). The Morgan fingerprint density at radius 3 is 2.88 bits per heavy atom. The molecule has 0 bridgehead atoms. The normalized spacial score (nSPS) is 15.8. The van der Waals surface area contributed by atoms with Crippen molar-refractivity contribution in [2.75, 3.05) is 6.61 Å². The van der Waals surface area contributed by atoms with Crippen LogP contribution in [0.25, 0.3) is 11.3 Å². The molecule has 134 valence electrons. The van der Waals surface area contributed by atoms with Crippen molar-refractivity contribution in [2.45, 2.75) is 33.0 Å². The molecule has 1 atom stereocenters. The van der Waals surface area contributed by atoms with Crippen LogP contribution in [0.2, 0.25) is 0 Å². The quantitative estimate of drug-likeness (QED) is 0.661. The highest BCUT2D eigenvalue weighted by molar-refractivity contribution is 5.63. The summed E-state index contributed by atoms with van der Waals surface area (Å²) in [6.07, 6.45) is 3.66. The van der Waals surface area contributed by atoms with Crippen molar-refractivity contribution in [1.82, 2.24) is 24.8 Å². The van der Waals surface area contributed by atoms with Gasteiger partial charge in [-0.25, -0.2) is 4.68 Å². The van der Waals surface area contributed by atoms with Crippen LogP contribution < -0.4 is 9.47 Å². The Kier molecular flexibility index (Phi) is 4.20. The van der Waals surface area contributed by atoms with Crippen molar-refractivity contribution in [1.29, 1.82) is 0 Å². The summed E-state index contributed by atoms with van der Waals surface area (Å²) in [7, 11) is 0. The lowest BCUT2D eigenvalue weighted by Crippen LogP contribution is -2.33. The second kappa shape index (κ2) is 6.67. The summed E-state index contributed by atoms with van der Waals surface area (Å²) in [5.41, 5.74) is 3.82. The molecule has 0 saturated carbocycles. The van der Waals surface area contributed by atoms with Crippen LogP contribution in [0.1, 0.15) is 11.4 Å². The van der Waals surface area contributed by atoms with Crippen LogP contribution in [0.15, 0.2) is 43.1 Å². The zero-order chi connectivity index (χ0) is 18.1. The third kappa shape index (κ3) is 2.96. The second-order valence-corrected chi connectivity index (χ2v) is 6.34. The summed E-state index contributed by atoms with van der Waals surface area (Å²) in [5, 5.41) is 13.1. The predicted octanol–water partition coefficient (Wildman–Crippen LogP) is 2.78. The minimum atomic E-state index is -0.106. The van der Waals surface area contributed by atoms with E-state index in [1.165, 1.54) is 0 Å². The number of allylic oxidation sites excluding steroid dienone is 1. The van der Waals surface area contributed by atoms with E-state index in [0.29, 0.717) is 19.7 Å². The zero-order valence-corrected chi connectivity index (χ0v) is 14.9. The van der Waals surface area contributed by atoms with E-state index < -0.39 is 0 Å². The number of nitrogens with zero attached hydrogens (tertiary/aromatic N) is 5. The van der Waals surface area contributed by atoms with Crippen LogP contribution in [0, 0.1) is 13.8 Å². The number of rotatable bonds is 5. The first-order chi connectivity index (χ1) is 12.7. The van der Waals surface area contributed by atoms with Gasteiger partial charge in [-0.1, -0.05) is 23.4 Å². The molecule has 0 radical (unpaired) electrons. The van der Waals surface area contributed by atoms with Gasteiger partial charge in [0.2, 0.25) is 0 Å². The molecule has 3 aromatic rings. The number of aromatic nitrogens is 5. The van der Waals surface area contributed by atoms with E-state index >= 15 is 0 Å². The maximum atomic E-state index is 5.99. The van der Waals surface area contributed by atoms with Gasteiger partial charge in [0.05, 0.1) is 25.0 Å². The lowest BCUT2D eigenvalue weighted by molar-refractivity contribution is 0.0755. The Bertz CT molecular complexity index is 943. The van der Waals surface area contributed by atoms with E-state index in [4.69, 9.17) is 9.47 Å². The summed E-state index contributed by atoms with van der Waals surface area (Å²) in [6.45, 7) is 9.52. The number of para-hydroxylation sites is 2. The molecular weight excluding hydrogens is 330 g/mol. The van der Waals surface area contributed by atoms with E-state index in [9.17, 15) is 0 Å². The standard InChI is InChI=1S/C19H21N5O2/c1-4-9-24-14(3)19(13(2)21-24)16-11-23(22-20-16)10-15-12-25-17-7-5-6-8-18(17)26-15/h4-8,11,15H,1,9-10,12H2,2-3H3/t15-/m0/s1. The Labute approximate surface area is 151 Å². The van der Waals surface area contributed by atoms with Crippen LogP contribution in [-0.4, -0.2) is 37.5 Å². The third-order valence-corrected chi connectivity index (χ3v) is 4.44. The Balaban J connectivity index is 1.52. The van der Waals surface area contributed by atoms with Gasteiger partial charge in [0, 0.05) is 11.3 Å². The Morgan fingerprint density at radius 1 is 1.27 bits per heavy atom. The van der Waals surface area contributed by atoms with Gasteiger partial charge in [0.15, 0.2) is 17.6 Å². The fourth-order valence-electron chi connectivity index (χ4n) is 3.23. The van der Waals surface area contributed by atoms with Gasteiger partial charge in [-0.3, -0.25) is 4.68 Å². The molecule has 7 nitrogen and oxygen atoms in total. The van der Waals surface area contributed by atoms with E-state index in [0.717, 1.165) is 34.1 Å². The summed E-state index contributed by atoms with van der Waals surface area (Å²) in [4.78, 5) is 0. The first kappa shape index (κ1) is 16.4. The van der Waals surface area contributed by atoms with Crippen molar-refractivity contribution in [3.8, 4) is 22.8 Å². The zero-order valence-electron chi connectivity index (χ0n) is 14.9. The third-order valence-electron chi connectivity index (χ3n) is 4.44. The van der Waals surface area contributed by atoms with Crippen molar-refractivity contribution < 1.29 is 9.47 Å². The molecule has 0 fully saturated rings. The molecule has 1 aliphatic rings. The van der Waals surface area contributed by atoms with Crippen LogP contribution in [-0.2, 0) is 13.1 Å². The number of hydrogen-bond donors (Lipinski definition) is 0. The van der Waals surface area contributed by atoms with Gasteiger partial charge in [-0.2, -0.15) is 5.10 Å². The van der Waals surface area contributed by atoms with E-state index in [2.05, 4.69) is 22.0 Å². The maximum absolute atomic E-state index is 5.99. The monoisotopic (exact) mass is 351 g/mol. The van der Waals surface area contributed by atoms with Gasteiger partial charge in [0.25, 0.3) is 0 Å². The van der Waals surface area contributed by atoms with Gasteiger partial charge in [0.1, 0.15) is 12.3 Å². The van der Waals surface area contributed by atoms with E-state index in [1.807, 2.05) is 55.1 Å². The molecule has 26 heavy (non-hydrogen) atoms. The largest absolute Gasteiger partial charge is 0.486 e. The van der Waals surface area contributed by atoms with Gasteiger partial charge in [-0.05, 0) is 26.0 Å². The van der Waals surface area contributed by atoms with Gasteiger partial charge in [-0.15, -0.1) is 11.7 Å². The minimum Gasteiger partial charge on any atom is -0.486 e. The van der Waals surface area contributed by atoms with Crippen LogP contribution >= 0.6 is 0 Å². The number of fused-ring (bicyclic) bond motifs is 1. The summed E-state index contributed by atoms with van der Waals surface area (Å²) in [5.74, 6) is 1.55. The summed E-state index contributed by atoms with van der Waals surface area (Å²) < 4.78 is 15.5. The molecule has 2 aromatic heterocycles. The van der Waals surface area contributed by atoms with Crippen molar-refractivity contribution in [3.05, 3.63) is 54.5 Å². The van der Waals surface area contributed by atoms with Gasteiger partial charge >= 0.3 is 0 Å². The molecule has 1 aromatic carbocycles. The fourth-order valence-corrected chi connectivity index (χ4v) is 3.23. The Hall–Kier alpha value is -3.09. The van der Waals surface area contributed by atoms with Crippen molar-refractivity contribution in [3.63, 3.8) is 0 Å². The average molecular weight is 351 g/mol. The first-order valence-corrected chi connectivity index (χ1v) is 8.59. The topological polar surface area (TPSA) is 67.0 Å². The predicted molar refractivity (Wildman–Crippen MR) is 97.3 cm³/mol. The van der Waals surface area contributed by atoms with Crippen LogP contribution in [0.4, 0.5) is 0 Å².